The summed E-state index contributed by atoms with van der Waals surface area (Å²) in [5.41, 5.74) is 1.15. The van der Waals surface area contributed by atoms with Crippen LogP contribution in [0.5, 0.6) is 5.75 Å². The predicted molar refractivity (Wildman–Crippen MR) is 84.9 cm³/mol. The fraction of sp³-hybridized carbons (Fsp3) is 0.500. The summed E-state index contributed by atoms with van der Waals surface area (Å²) in [5.74, 6) is 0.354. The first kappa shape index (κ1) is 15.8. The highest BCUT2D eigenvalue weighted by Gasteiger charge is 2.23. The number of ether oxygens (including phenoxy) is 2. The molecule has 0 radical (unpaired) electrons. The van der Waals surface area contributed by atoms with Gasteiger partial charge in [0.1, 0.15) is 5.75 Å². The number of morpholine rings is 1. The molecule has 2 amide bonds. The molecule has 0 saturated carbocycles. The lowest BCUT2D eigenvalue weighted by atomic mass is 10.1. The standard InChI is InChI=1S/C16H21N3O4/c1-18-13-10-12(2-3-14(13)23-11-15(18)20)16(21)17-4-5-19-6-8-22-9-7-19/h2-3,10H,4-9,11H2,1H3,(H,17,21). The molecule has 1 aromatic carbocycles. The highest BCUT2D eigenvalue weighted by molar-refractivity contribution is 6.00. The van der Waals surface area contributed by atoms with E-state index in [0.29, 0.717) is 23.5 Å². The summed E-state index contributed by atoms with van der Waals surface area (Å²) < 4.78 is 10.7. The summed E-state index contributed by atoms with van der Waals surface area (Å²) in [6.45, 7) is 4.73. The summed E-state index contributed by atoms with van der Waals surface area (Å²) in [6, 6.07) is 5.14. The number of hydrogen-bond donors (Lipinski definition) is 1. The second kappa shape index (κ2) is 6.97. The van der Waals surface area contributed by atoms with Gasteiger partial charge in [0.25, 0.3) is 11.8 Å². The van der Waals surface area contributed by atoms with Crippen LogP contribution in [0.25, 0.3) is 0 Å². The average Bonchev–Trinajstić information content (AvgIpc) is 2.59. The van der Waals surface area contributed by atoms with Gasteiger partial charge in [0.05, 0.1) is 18.9 Å². The zero-order valence-electron chi connectivity index (χ0n) is 13.2. The van der Waals surface area contributed by atoms with Crippen molar-refractivity contribution in [1.29, 1.82) is 0 Å². The third kappa shape index (κ3) is 3.62. The van der Waals surface area contributed by atoms with E-state index in [-0.39, 0.29) is 18.4 Å². The molecule has 0 aliphatic carbocycles. The van der Waals surface area contributed by atoms with E-state index in [0.717, 1.165) is 32.8 Å². The minimum atomic E-state index is -0.146. The van der Waals surface area contributed by atoms with Gasteiger partial charge in [-0.05, 0) is 18.2 Å². The zero-order chi connectivity index (χ0) is 16.2. The molecular weight excluding hydrogens is 298 g/mol. The fourth-order valence-corrected chi connectivity index (χ4v) is 2.67. The molecule has 1 aromatic rings. The largest absolute Gasteiger partial charge is 0.482 e. The lowest BCUT2D eigenvalue weighted by molar-refractivity contribution is -0.120. The van der Waals surface area contributed by atoms with E-state index in [4.69, 9.17) is 9.47 Å². The van der Waals surface area contributed by atoms with Crippen molar-refractivity contribution in [1.82, 2.24) is 10.2 Å². The van der Waals surface area contributed by atoms with Gasteiger partial charge in [-0.1, -0.05) is 0 Å². The predicted octanol–water partition coefficient (Wildman–Crippen LogP) is 0.104. The molecule has 1 fully saturated rings. The van der Waals surface area contributed by atoms with Crippen LogP contribution in [-0.4, -0.2) is 69.8 Å². The van der Waals surface area contributed by atoms with Crippen LogP contribution in [0.1, 0.15) is 10.4 Å². The van der Waals surface area contributed by atoms with E-state index in [2.05, 4.69) is 10.2 Å². The van der Waals surface area contributed by atoms with Crippen LogP contribution >= 0.6 is 0 Å². The Hall–Kier alpha value is -2.12. The molecule has 0 atom stereocenters. The minimum absolute atomic E-state index is 0.0363. The molecule has 1 N–H and O–H groups in total. The number of carbonyl (C=O) groups excluding carboxylic acids is 2. The lowest BCUT2D eigenvalue weighted by Gasteiger charge is -2.27. The van der Waals surface area contributed by atoms with Crippen LogP contribution in [0.4, 0.5) is 5.69 Å². The second-order valence-corrected chi connectivity index (χ2v) is 5.63. The third-order valence-electron chi connectivity index (χ3n) is 4.13. The van der Waals surface area contributed by atoms with Crippen LogP contribution in [0, 0.1) is 0 Å². The SMILES string of the molecule is CN1C(=O)COc2ccc(C(=O)NCCN3CCOCC3)cc21. The molecule has 124 valence electrons. The van der Waals surface area contributed by atoms with Crippen LogP contribution < -0.4 is 15.0 Å². The van der Waals surface area contributed by atoms with Crippen molar-refractivity contribution in [2.24, 2.45) is 0 Å². The number of carbonyl (C=O) groups is 2. The Kier molecular flexibility index (Phi) is 4.78. The number of benzene rings is 1. The van der Waals surface area contributed by atoms with Crippen molar-refractivity contribution < 1.29 is 19.1 Å². The lowest BCUT2D eigenvalue weighted by Crippen LogP contribution is -2.41. The van der Waals surface area contributed by atoms with Crippen LogP contribution in [-0.2, 0) is 9.53 Å². The number of hydrogen-bond acceptors (Lipinski definition) is 5. The molecular formula is C16H21N3O4. The maximum Gasteiger partial charge on any atom is 0.264 e. The first-order chi connectivity index (χ1) is 11.1. The Balaban J connectivity index is 1.58. The zero-order valence-corrected chi connectivity index (χ0v) is 13.2. The number of anilines is 1. The highest BCUT2D eigenvalue weighted by atomic mass is 16.5. The number of rotatable bonds is 4. The Morgan fingerprint density at radius 2 is 2.09 bits per heavy atom. The first-order valence-corrected chi connectivity index (χ1v) is 7.77. The van der Waals surface area contributed by atoms with E-state index in [9.17, 15) is 9.59 Å². The quantitative estimate of drug-likeness (QED) is 0.852. The highest BCUT2D eigenvalue weighted by Crippen LogP contribution is 2.31. The van der Waals surface area contributed by atoms with Gasteiger partial charge < -0.3 is 19.7 Å². The topological polar surface area (TPSA) is 71.1 Å². The van der Waals surface area contributed by atoms with E-state index >= 15 is 0 Å². The monoisotopic (exact) mass is 319 g/mol. The summed E-state index contributed by atoms with van der Waals surface area (Å²) in [4.78, 5) is 27.7. The molecule has 2 aliphatic heterocycles. The molecule has 0 aromatic heterocycles. The van der Waals surface area contributed by atoms with E-state index in [1.54, 1.807) is 25.2 Å². The van der Waals surface area contributed by atoms with Crippen molar-refractivity contribution >= 4 is 17.5 Å². The van der Waals surface area contributed by atoms with Crippen molar-refractivity contribution in [2.75, 3.05) is 57.9 Å². The van der Waals surface area contributed by atoms with E-state index < -0.39 is 0 Å². The normalized spacial score (nSPS) is 18.3. The van der Waals surface area contributed by atoms with Gasteiger partial charge in [-0.2, -0.15) is 0 Å². The number of nitrogens with zero attached hydrogens (tertiary/aromatic N) is 2. The Morgan fingerprint density at radius 1 is 1.30 bits per heavy atom. The molecule has 7 nitrogen and oxygen atoms in total. The summed E-state index contributed by atoms with van der Waals surface area (Å²) in [5, 5.41) is 2.91. The fourth-order valence-electron chi connectivity index (χ4n) is 2.67. The van der Waals surface area contributed by atoms with Gasteiger partial charge in [0.15, 0.2) is 6.61 Å². The Bertz CT molecular complexity index is 599. The average molecular weight is 319 g/mol. The molecule has 0 bridgehead atoms. The molecule has 0 spiro atoms. The number of amides is 2. The molecule has 0 unspecified atom stereocenters. The number of nitrogens with one attached hydrogen (secondary N) is 1. The van der Waals surface area contributed by atoms with Gasteiger partial charge in [-0.25, -0.2) is 0 Å². The minimum Gasteiger partial charge on any atom is -0.482 e. The third-order valence-corrected chi connectivity index (χ3v) is 4.13. The first-order valence-electron chi connectivity index (χ1n) is 7.77. The maximum absolute atomic E-state index is 12.3. The summed E-state index contributed by atoms with van der Waals surface area (Å²) in [7, 11) is 1.68. The Morgan fingerprint density at radius 3 is 2.87 bits per heavy atom. The molecule has 2 aliphatic rings. The van der Waals surface area contributed by atoms with Crippen LogP contribution in [0.3, 0.4) is 0 Å². The van der Waals surface area contributed by atoms with Crippen molar-refractivity contribution in [3.05, 3.63) is 23.8 Å². The van der Waals surface area contributed by atoms with Crippen molar-refractivity contribution in [2.45, 2.75) is 0 Å². The number of likely N-dealkylation sites (N-methyl/N-ethyl adjacent to an activating group) is 1. The van der Waals surface area contributed by atoms with Gasteiger partial charge in [0.2, 0.25) is 0 Å². The van der Waals surface area contributed by atoms with Crippen LogP contribution in [0.2, 0.25) is 0 Å². The van der Waals surface area contributed by atoms with E-state index in [1.165, 1.54) is 4.90 Å². The maximum atomic E-state index is 12.3. The Labute approximate surface area is 135 Å². The summed E-state index contributed by atoms with van der Waals surface area (Å²) in [6.07, 6.45) is 0. The summed E-state index contributed by atoms with van der Waals surface area (Å²) >= 11 is 0. The molecule has 7 heteroatoms. The van der Waals surface area contributed by atoms with Crippen LogP contribution in [0.15, 0.2) is 18.2 Å². The molecule has 3 rings (SSSR count). The number of fused-ring (bicyclic) bond motifs is 1. The molecule has 23 heavy (non-hydrogen) atoms. The van der Waals surface area contributed by atoms with Gasteiger partial charge in [-0.3, -0.25) is 14.5 Å². The van der Waals surface area contributed by atoms with Gasteiger partial charge in [-0.15, -0.1) is 0 Å². The van der Waals surface area contributed by atoms with E-state index in [1.807, 2.05) is 0 Å². The smallest absolute Gasteiger partial charge is 0.264 e. The van der Waals surface area contributed by atoms with Crippen molar-refractivity contribution in [3.63, 3.8) is 0 Å². The molecule has 2 heterocycles. The van der Waals surface area contributed by atoms with Gasteiger partial charge >= 0.3 is 0 Å². The van der Waals surface area contributed by atoms with Gasteiger partial charge in [0, 0.05) is 38.8 Å². The second-order valence-electron chi connectivity index (χ2n) is 5.63. The van der Waals surface area contributed by atoms with Crippen molar-refractivity contribution in [3.8, 4) is 5.75 Å². The molecule has 1 saturated heterocycles.